The highest BCUT2D eigenvalue weighted by Gasteiger charge is 2.24. The first-order chi connectivity index (χ1) is 14.3. The van der Waals surface area contributed by atoms with Crippen LogP contribution >= 0.6 is 12.2 Å². The molecule has 0 saturated heterocycles. The number of thiocarbonyl (C=S) groups is 1. The zero-order valence-electron chi connectivity index (χ0n) is 15.6. The van der Waals surface area contributed by atoms with E-state index < -0.39 is 43.1 Å². The van der Waals surface area contributed by atoms with Crippen LogP contribution in [0.2, 0.25) is 0 Å². The summed E-state index contributed by atoms with van der Waals surface area (Å²) in [5.41, 5.74) is 1.45. The van der Waals surface area contributed by atoms with Gasteiger partial charge >= 0.3 is 11.9 Å². The average molecular weight is 427 g/mol. The largest absolute Gasteiger partial charge is 0.486 e. The number of rotatable bonds is 11. The molecule has 0 spiro atoms. The SMILES string of the molecule is O=C(O)CC(CC(=O)COc1ccc(C(=O)c2ccc(N=C=S)cc2)cc1)C(=O)O. The number of aliphatic carboxylic acids is 2. The Hall–Kier alpha value is -3.68. The van der Waals surface area contributed by atoms with Gasteiger partial charge in [0, 0.05) is 17.5 Å². The molecule has 0 aliphatic heterocycles. The highest BCUT2D eigenvalue weighted by Crippen LogP contribution is 2.18. The summed E-state index contributed by atoms with van der Waals surface area (Å²) in [5.74, 6) is -4.39. The molecule has 8 nitrogen and oxygen atoms in total. The second-order valence-electron chi connectivity index (χ2n) is 6.27. The van der Waals surface area contributed by atoms with Gasteiger partial charge in [-0.25, -0.2) is 0 Å². The van der Waals surface area contributed by atoms with Gasteiger partial charge in [0.05, 0.1) is 23.2 Å². The molecule has 30 heavy (non-hydrogen) atoms. The Bertz CT molecular complexity index is 993. The Balaban J connectivity index is 1.94. The molecule has 0 heterocycles. The van der Waals surface area contributed by atoms with Crippen LogP contribution in [-0.2, 0) is 14.4 Å². The molecule has 2 aromatic rings. The van der Waals surface area contributed by atoms with Crippen LogP contribution in [0.3, 0.4) is 0 Å². The van der Waals surface area contributed by atoms with E-state index in [0.29, 0.717) is 22.6 Å². The monoisotopic (exact) mass is 427 g/mol. The lowest BCUT2D eigenvalue weighted by Crippen LogP contribution is -2.23. The first-order valence-corrected chi connectivity index (χ1v) is 9.12. The second-order valence-corrected chi connectivity index (χ2v) is 6.45. The van der Waals surface area contributed by atoms with Crippen LogP contribution in [0.15, 0.2) is 53.5 Å². The van der Waals surface area contributed by atoms with Crippen LogP contribution in [0.4, 0.5) is 5.69 Å². The van der Waals surface area contributed by atoms with Crippen LogP contribution in [-0.4, -0.2) is 45.5 Å². The molecular weight excluding hydrogens is 410 g/mol. The minimum absolute atomic E-state index is 0.214. The van der Waals surface area contributed by atoms with E-state index >= 15 is 0 Å². The fraction of sp³-hybridized carbons (Fsp3) is 0.190. The van der Waals surface area contributed by atoms with E-state index in [1.54, 1.807) is 24.3 Å². The first kappa shape index (κ1) is 22.6. The molecule has 0 fully saturated rings. The van der Waals surface area contributed by atoms with Crippen molar-refractivity contribution in [3.63, 3.8) is 0 Å². The maximum Gasteiger partial charge on any atom is 0.307 e. The molecule has 2 rings (SSSR count). The molecule has 0 aliphatic carbocycles. The number of carbonyl (C=O) groups excluding carboxylic acids is 2. The Morgan fingerprint density at radius 1 is 0.933 bits per heavy atom. The van der Waals surface area contributed by atoms with Crippen molar-refractivity contribution >= 4 is 46.6 Å². The normalized spacial score (nSPS) is 11.1. The molecule has 154 valence electrons. The van der Waals surface area contributed by atoms with Gasteiger partial charge in [-0.15, -0.1) is 0 Å². The topological polar surface area (TPSA) is 130 Å². The minimum Gasteiger partial charge on any atom is -0.486 e. The summed E-state index contributed by atoms with van der Waals surface area (Å²) in [6.45, 7) is -0.404. The Kier molecular flexibility index (Phi) is 8.10. The summed E-state index contributed by atoms with van der Waals surface area (Å²) in [5, 5.41) is 19.9. The van der Waals surface area contributed by atoms with Crippen molar-refractivity contribution in [3.8, 4) is 5.75 Å². The number of carbonyl (C=O) groups is 4. The summed E-state index contributed by atoms with van der Waals surface area (Å²) in [6.07, 6.45) is -1.09. The number of nitrogens with zero attached hydrogens (tertiary/aromatic N) is 1. The van der Waals surface area contributed by atoms with Gasteiger partial charge in [-0.1, -0.05) is 0 Å². The van der Waals surface area contributed by atoms with Crippen molar-refractivity contribution in [1.82, 2.24) is 0 Å². The van der Waals surface area contributed by atoms with Crippen LogP contribution in [0.1, 0.15) is 28.8 Å². The predicted molar refractivity (Wildman–Crippen MR) is 110 cm³/mol. The number of ketones is 2. The van der Waals surface area contributed by atoms with Gasteiger partial charge in [0.25, 0.3) is 0 Å². The fourth-order valence-electron chi connectivity index (χ4n) is 2.56. The first-order valence-electron chi connectivity index (χ1n) is 8.72. The third-order valence-electron chi connectivity index (χ3n) is 4.06. The Morgan fingerprint density at radius 2 is 1.50 bits per heavy atom. The second kappa shape index (κ2) is 10.8. The minimum atomic E-state index is -1.35. The number of hydrogen-bond acceptors (Lipinski definition) is 7. The standard InChI is InChI=1S/C21H17NO7S/c23-17(9-15(21(27)28)10-19(24)25)11-29-18-7-3-14(4-8-18)20(26)13-1-5-16(6-2-13)22-12-30/h1-8,15H,9-11H2,(H,24,25)(H,27,28). The molecule has 2 aromatic carbocycles. The third kappa shape index (κ3) is 6.73. The number of benzene rings is 2. The number of carboxylic acids is 2. The van der Waals surface area contributed by atoms with Crippen molar-refractivity contribution in [2.24, 2.45) is 10.9 Å². The van der Waals surface area contributed by atoms with E-state index in [4.69, 9.17) is 14.9 Å². The molecule has 1 unspecified atom stereocenters. The van der Waals surface area contributed by atoms with Crippen LogP contribution in [0.25, 0.3) is 0 Å². The molecule has 0 amide bonds. The Morgan fingerprint density at radius 3 is 2.00 bits per heavy atom. The van der Waals surface area contributed by atoms with Crippen molar-refractivity contribution in [2.45, 2.75) is 12.8 Å². The van der Waals surface area contributed by atoms with Crippen molar-refractivity contribution in [1.29, 1.82) is 0 Å². The van der Waals surface area contributed by atoms with Crippen molar-refractivity contribution in [2.75, 3.05) is 6.61 Å². The van der Waals surface area contributed by atoms with E-state index in [9.17, 15) is 19.2 Å². The van der Waals surface area contributed by atoms with Gasteiger partial charge in [0.15, 0.2) is 11.6 Å². The quantitative estimate of drug-likeness (QED) is 0.318. The van der Waals surface area contributed by atoms with Crippen molar-refractivity contribution in [3.05, 3.63) is 59.7 Å². The molecule has 0 bridgehead atoms. The number of aliphatic imine (C=N–C) groups is 1. The number of Topliss-reactive ketones (excluding diaryl/α,β-unsaturated/α-hetero) is 1. The van der Waals surface area contributed by atoms with Gasteiger partial charge in [0.2, 0.25) is 0 Å². The average Bonchev–Trinajstić information content (AvgIpc) is 2.72. The summed E-state index contributed by atoms with van der Waals surface area (Å²) < 4.78 is 5.31. The lowest BCUT2D eigenvalue weighted by molar-refractivity contribution is -0.149. The van der Waals surface area contributed by atoms with E-state index in [1.165, 1.54) is 24.3 Å². The predicted octanol–water partition coefficient (Wildman–Crippen LogP) is 3.17. The summed E-state index contributed by atoms with van der Waals surface area (Å²) in [7, 11) is 0. The molecular formula is C21H17NO7S. The van der Waals surface area contributed by atoms with E-state index in [-0.39, 0.29) is 5.78 Å². The maximum absolute atomic E-state index is 12.5. The summed E-state index contributed by atoms with van der Waals surface area (Å²) in [6, 6.07) is 12.6. The molecule has 0 aliphatic rings. The van der Waals surface area contributed by atoms with E-state index in [1.807, 2.05) is 0 Å². The maximum atomic E-state index is 12.5. The summed E-state index contributed by atoms with van der Waals surface area (Å²) >= 11 is 4.53. The zero-order chi connectivity index (χ0) is 22.1. The summed E-state index contributed by atoms with van der Waals surface area (Å²) in [4.78, 5) is 49.9. The number of ether oxygens (including phenoxy) is 1. The van der Waals surface area contributed by atoms with Gasteiger partial charge in [-0.05, 0) is 60.7 Å². The highest BCUT2D eigenvalue weighted by atomic mass is 32.1. The molecule has 0 saturated carbocycles. The highest BCUT2D eigenvalue weighted by molar-refractivity contribution is 7.78. The number of isothiocyanates is 1. The smallest absolute Gasteiger partial charge is 0.307 e. The lowest BCUT2D eigenvalue weighted by Gasteiger charge is -2.10. The van der Waals surface area contributed by atoms with E-state index in [0.717, 1.165) is 0 Å². The molecule has 0 radical (unpaired) electrons. The molecule has 2 N–H and O–H groups in total. The lowest BCUT2D eigenvalue weighted by atomic mass is 9.99. The zero-order valence-corrected chi connectivity index (χ0v) is 16.4. The number of carboxylic acid groups (broad SMARTS) is 2. The van der Waals surface area contributed by atoms with Gasteiger partial charge in [-0.3, -0.25) is 19.2 Å². The van der Waals surface area contributed by atoms with Crippen LogP contribution in [0, 0.1) is 5.92 Å². The van der Waals surface area contributed by atoms with E-state index in [2.05, 4.69) is 22.4 Å². The number of hydrogen-bond donors (Lipinski definition) is 2. The molecule has 9 heteroatoms. The van der Waals surface area contributed by atoms with Crippen molar-refractivity contribution < 1.29 is 34.1 Å². The fourth-order valence-corrected chi connectivity index (χ4v) is 2.67. The third-order valence-corrected chi connectivity index (χ3v) is 4.16. The van der Waals surface area contributed by atoms with Gasteiger partial charge in [0.1, 0.15) is 12.4 Å². The molecule has 0 aromatic heterocycles. The van der Waals surface area contributed by atoms with Crippen LogP contribution < -0.4 is 4.74 Å². The molecule has 1 atom stereocenters. The van der Waals surface area contributed by atoms with Gasteiger partial charge in [-0.2, -0.15) is 4.99 Å². The van der Waals surface area contributed by atoms with Crippen LogP contribution in [0.5, 0.6) is 5.75 Å². The van der Waals surface area contributed by atoms with Gasteiger partial charge < -0.3 is 14.9 Å². The Labute approximate surface area is 176 Å².